The number of carbonyl (C=O) groups excluding carboxylic acids is 1. The number of nitrogens with one attached hydrogen (secondary N) is 1. The zero-order chi connectivity index (χ0) is 15.4. The van der Waals surface area contributed by atoms with Gasteiger partial charge >= 0.3 is 0 Å². The van der Waals surface area contributed by atoms with E-state index in [1.807, 2.05) is 11.8 Å². The van der Waals surface area contributed by atoms with Crippen LogP contribution in [0.1, 0.15) is 16.8 Å². The summed E-state index contributed by atoms with van der Waals surface area (Å²) in [6.07, 6.45) is 2.75. The first-order valence-corrected chi connectivity index (χ1v) is 8.52. The average molecular weight is 335 g/mol. The fourth-order valence-electron chi connectivity index (χ4n) is 2.15. The highest BCUT2D eigenvalue weighted by Gasteiger charge is 2.21. The summed E-state index contributed by atoms with van der Waals surface area (Å²) < 4.78 is 5.87. The molecular weight excluding hydrogens is 320 g/mol. The Bertz CT molecular complexity index is 657. The van der Waals surface area contributed by atoms with Crippen LogP contribution in [0.15, 0.2) is 42.6 Å². The van der Waals surface area contributed by atoms with Crippen LogP contribution in [0.25, 0.3) is 0 Å². The van der Waals surface area contributed by atoms with E-state index in [2.05, 4.69) is 10.3 Å². The van der Waals surface area contributed by atoms with E-state index >= 15 is 0 Å². The Labute approximate surface area is 138 Å². The Morgan fingerprint density at radius 3 is 2.86 bits per heavy atom. The number of hydrogen-bond donors (Lipinski definition) is 1. The van der Waals surface area contributed by atoms with E-state index in [4.69, 9.17) is 16.3 Å². The number of thioether (sulfide) groups is 1. The molecule has 22 heavy (non-hydrogen) atoms. The van der Waals surface area contributed by atoms with Gasteiger partial charge in [0, 0.05) is 22.7 Å². The van der Waals surface area contributed by atoms with Crippen molar-refractivity contribution < 1.29 is 9.53 Å². The number of rotatable bonds is 4. The summed E-state index contributed by atoms with van der Waals surface area (Å²) in [6, 6.07) is 10.4. The van der Waals surface area contributed by atoms with Crippen LogP contribution in [0.2, 0.25) is 5.02 Å². The largest absolute Gasteiger partial charge is 0.473 e. The van der Waals surface area contributed by atoms with Gasteiger partial charge in [0.05, 0.1) is 0 Å². The molecule has 0 aliphatic carbocycles. The lowest BCUT2D eigenvalue weighted by Gasteiger charge is -2.14. The monoisotopic (exact) mass is 334 g/mol. The summed E-state index contributed by atoms with van der Waals surface area (Å²) >= 11 is 7.69. The summed E-state index contributed by atoms with van der Waals surface area (Å²) in [4.78, 5) is 16.6. The molecule has 1 N–H and O–H groups in total. The number of nitrogens with zero attached hydrogens (tertiary/aromatic N) is 1. The summed E-state index contributed by atoms with van der Waals surface area (Å²) in [6.45, 7) is 0. The van der Waals surface area contributed by atoms with E-state index in [1.54, 1.807) is 42.6 Å². The molecule has 1 fully saturated rings. The van der Waals surface area contributed by atoms with Crippen molar-refractivity contribution >= 4 is 35.0 Å². The Morgan fingerprint density at radius 2 is 2.14 bits per heavy atom. The van der Waals surface area contributed by atoms with Gasteiger partial charge in [0.2, 0.25) is 5.88 Å². The number of carbonyl (C=O) groups is 1. The van der Waals surface area contributed by atoms with Crippen molar-refractivity contribution in [1.29, 1.82) is 0 Å². The molecule has 0 radical (unpaired) electrons. The van der Waals surface area contributed by atoms with Crippen molar-refractivity contribution in [3.05, 3.63) is 53.2 Å². The highest BCUT2D eigenvalue weighted by atomic mass is 35.5. The molecule has 1 aromatic carbocycles. The Balaban J connectivity index is 1.75. The Morgan fingerprint density at radius 1 is 1.32 bits per heavy atom. The van der Waals surface area contributed by atoms with Gasteiger partial charge in [0.15, 0.2) is 0 Å². The third-order valence-corrected chi connectivity index (χ3v) is 4.67. The summed E-state index contributed by atoms with van der Waals surface area (Å²) in [5.41, 5.74) is 1.12. The second-order valence-corrected chi connectivity index (χ2v) is 6.51. The van der Waals surface area contributed by atoms with E-state index < -0.39 is 0 Å². The summed E-state index contributed by atoms with van der Waals surface area (Å²) in [5.74, 6) is 2.18. The standard InChI is InChI=1S/C16H15ClN2O2S/c17-11-3-5-12(6-4-11)19-15(20)14-2-1-8-18-16(14)21-13-7-9-22-10-13/h1-6,8,13H,7,9-10H2,(H,19,20). The van der Waals surface area contributed by atoms with Crippen LogP contribution in [-0.2, 0) is 0 Å². The van der Waals surface area contributed by atoms with Gasteiger partial charge in [0.25, 0.3) is 5.91 Å². The summed E-state index contributed by atoms with van der Waals surface area (Å²) in [5, 5.41) is 3.45. The third-order valence-electron chi connectivity index (χ3n) is 3.28. The van der Waals surface area contributed by atoms with E-state index in [-0.39, 0.29) is 12.0 Å². The van der Waals surface area contributed by atoms with Gasteiger partial charge in [0.1, 0.15) is 11.7 Å². The maximum absolute atomic E-state index is 12.4. The minimum atomic E-state index is -0.240. The van der Waals surface area contributed by atoms with Crippen molar-refractivity contribution in [3.8, 4) is 5.88 Å². The topological polar surface area (TPSA) is 51.2 Å². The smallest absolute Gasteiger partial charge is 0.261 e. The van der Waals surface area contributed by atoms with Crippen LogP contribution >= 0.6 is 23.4 Å². The zero-order valence-corrected chi connectivity index (χ0v) is 13.4. The van der Waals surface area contributed by atoms with Gasteiger partial charge in [-0.1, -0.05) is 11.6 Å². The molecule has 1 aliphatic rings. The van der Waals surface area contributed by atoms with E-state index in [0.29, 0.717) is 22.2 Å². The number of benzene rings is 1. The first kappa shape index (κ1) is 15.2. The zero-order valence-electron chi connectivity index (χ0n) is 11.8. The lowest BCUT2D eigenvalue weighted by molar-refractivity contribution is 0.101. The molecule has 1 atom stereocenters. The Hall–Kier alpha value is -1.72. The molecule has 1 aliphatic heterocycles. The molecule has 1 amide bonds. The van der Waals surface area contributed by atoms with Crippen LogP contribution < -0.4 is 10.1 Å². The summed E-state index contributed by atoms with van der Waals surface area (Å²) in [7, 11) is 0. The quantitative estimate of drug-likeness (QED) is 0.922. The van der Waals surface area contributed by atoms with Crippen molar-refractivity contribution in [1.82, 2.24) is 4.98 Å². The molecule has 114 valence electrons. The molecule has 4 nitrogen and oxygen atoms in total. The fraction of sp³-hybridized carbons (Fsp3) is 0.250. The van der Waals surface area contributed by atoms with Gasteiger partial charge in [-0.05, 0) is 48.6 Å². The van der Waals surface area contributed by atoms with Gasteiger partial charge in [-0.25, -0.2) is 4.98 Å². The molecule has 0 bridgehead atoms. The molecule has 3 rings (SSSR count). The number of halogens is 1. The van der Waals surface area contributed by atoms with Crippen LogP contribution in [-0.4, -0.2) is 28.5 Å². The van der Waals surface area contributed by atoms with Crippen molar-refractivity contribution in [3.63, 3.8) is 0 Å². The maximum Gasteiger partial charge on any atom is 0.261 e. The van der Waals surface area contributed by atoms with Crippen LogP contribution in [0, 0.1) is 0 Å². The highest BCUT2D eigenvalue weighted by molar-refractivity contribution is 7.99. The normalized spacial score (nSPS) is 17.2. The number of hydrogen-bond acceptors (Lipinski definition) is 4. The molecule has 6 heteroatoms. The van der Waals surface area contributed by atoms with Crippen LogP contribution in [0.4, 0.5) is 5.69 Å². The number of ether oxygens (including phenoxy) is 1. The number of aromatic nitrogens is 1. The minimum absolute atomic E-state index is 0.127. The third kappa shape index (κ3) is 3.72. The van der Waals surface area contributed by atoms with E-state index in [1.165, 1.54) is 0 Å². The average Bonchev–Trinajstić information content (AvgIpc) is 3.03. The molecule has 1 aromatic heterocycles. The van der Waals surface area contributed by atoms with Gasteiger partial charge in [-0.15, -0.1) is 0 Å². The number of pyridine rings is 1. The predicted octanol–water partition coefficient (Wildman–Crippen LogP) is 3.87. The predicted molar refractivity (Wildman–Crippen MR) is 90.0 cm³/mol. The van der Waals surface area contributed by atoms with E-state index in [0.717, 1.165) is 17.9 Å². The first-order valence-electron chi connectivity index (χ1n) is 6.99. The van der Waals surface area contributed by atoms with Gasteiger partial charge in [-0.2, -0.15) is 11.8 Å². The fourth-order valence-corrected chi connectivity index (χ4v) is 3.37. The van der Waals surface area contributed by atoms with Crippen molar-refractivity contribution in [2.24, 2.45) is 0 Å². The molecular formula is C16H15ClN2O2S. The van der Waals surface area contributed by atoms with Gasteiger partial charge < -0.3 is 10.1 Å². The number of anilines is 1. The molecule has 1 unspecified atom stereocenters. The van der Waals surface area contributed by atoms with Gasteiger partial charge in [-0.3, -0.25) is 4.79 Å². The van der Waals surface area contributed by atoms with Crippen LogP contribution in [0.5, 0.6) is 5.88 Å². The molecule has 2 heterocycles. The van der Waals surface area contributed by atoms with Crippen molar-refractivity contribution in [2.75, 3.05) is 16.8 Å². The second kappa shape index (κ2) is 7.03. The first-order chi connectivity index (χ1) is 10.7. The minimum Gasteiger partial charge on any atom is -0.473 e. The highest BCUT2D eigenvalue weighted by Crippen LogP contribution is 2.25. The second-order valence-electron chi connectivity index (χ2n) is 4.92. The molecule has 0 saturated carbocycles. The lowest BCUT2D eigenvalue weighted by Crippen LogP contribution is -2.20. The molecule has 1 saturated heterocycles. The SMILES string of the molecule is O=C(Nc1ccc(Cl)cc1)c1cccnc1OC1CCSC1. The Kier molecular flexibility index (Phi) is 4.85. The number of amides is 1. The molecule has 0 spiro atoms. The maximum atomic E-state index is 12.4. The van der Waals surface area contributed by atoms with Crippen LogP contribution in [0.3, 0.4) is 0 Å². The van der Waals surface area contributed by atoms with E-state index in [9.17, 15) is 4.79 Å². The molecule has 2 aromatic rings. The van der Waals surface area contributed by atoms with Crippen molar-refractivity contribution in [2.45, 2.75) is 12.5 Å². The lowest BCUT2D eigenvalue weighted by atomic mass is 10.2.